The summed E-state index contributed by atoms with van der Waals surface area (Å²) in [5.41, 5.74) is 0.909. The van der Waals surface area contributed by atoms with Gasteiger partial charge in [0.15, 0.2) is 0 Å². The molecule has 1 aliphatic heterocycles. The zero-order chi connectivity index (χ0) is 11.0. The van der Waals surface area contributed by atoms with Crippen molar-refractivity contribution in [2.75, 3.05) is 7.05 Å². The van der Waals surface area contributed by atoms with Gasteiger partial charge in [-0.1, -0.05) is 24.0 Å². The van der Waals surface area contributed by atoms with Crippen molar-refractivity contribution < 1.29 is 4.79 Å². The van der Waals surface area contributed by atoms with Gasteiger partial charge < -0.3 is 0 Å². The molecule has 2 rings (SSSR count). The molecule has 4 nitrogen and oxygen atoms in total. The number of aryl methyl sites for hydroxylation is 1. The number of carbonyl (C=O) groups is 1. The SMILES string of the molecule is CN1C(=O)C(=Cc2cnn(C)c2)SC1=S. The van der Waals surface area contributed by atoms with E-state index in [1.54, 1.807) is 24.0 Å². The number of aromatic nitrogens is 2. The first-order valence-electron chi connectivity index (χ1n) is 4.28. The maximum absolute atomic E-state index is 11.6. The van der Waals surface area contributed by atoms with Crippen molar-refractivity contribution in [2.45, 2.75) is 0 Å². The lowest BCUT2D eigenvalue weighted by atomic mass is 10.3. The van der Waals surface area contributed by atoms with E-state index in [1.165, 1.54) is 16.7 Å². The fourth-order valence-electron chi connectivity index (χ4n) is 1.21. The smallest absolute Gasteiger partial charge is 0.265 e. The van der Waals surface area contributed by atoms with Crippen LogP contribution in [0.5, 0.6) is 0 Å². The van der Waals surface area contributed by atoms with Gasteiger partial charge in [0.2, 0.25) is 0 Å². The molecular formula is C9H9N3OS2. The summed E-state index contributed by atoms with van der Waals surface area (Å²) in [7, 11) is 3.52. The molecule has 0 spiro atoms. The minimum Gasteiger partial charge on any atom is -0.296 e. The zero-order valence-corrected chi connectivity index (χ0v) is 9.93. The number of hydrogen-bond acceptors (Lipinski definition) is 4. The largest absolute Gasteiger partial charge is 0.296 e. The van der Waals surface area contributed by atoms with Crippen LogP contribution in [0, 0.1) is 0 Å². The van der Waals surface area contributed by atoms with Crippen LogP contribution in [0.25, 0.3) is 6.08 Å². The molecule has 0 aliphatic carbocycles. The number of thiocarbonyl (C=S) groups is 1. The number of hydrogen-bond donors (Lipinski definition) is 0. The van der Waals surface area contributed by atoms with E-state index in [-0.39, 0.29) is 5.91 Å². The van der Waals surface area contributed by atoms with E-state index in [4.69, 9.17) is 12.2 Å². The lowest BCUT2D eigenvalue weighted by molar-refractivity contribution is -0.121. The van der Waals surface area contributed by atoms with Crippen LogP contribution in [0.1, 0.15) is 5.56 Å². The molecule has 0 N–H and O–H groups in total. The minimum atomic E-state index is -0.0474. The summed E-state index contributed by atoms with van der Waals surface area (Å²) in [4.78, 5) is 13.8. The first-order valence-corrected chi connectivity index (χ1v) is 5.50. The van der Waals surface area contributed by atoms with E-state index in [0.717, 1.165) is 5.56 Å². The molecule has 78 valence electrons. The molecule has 1 aromatic rings. The Morgan fingerprint density at radius 2 is 2.27 bits per heavy atom. The van der Waals surface area contributed by atoms with Gasteiger partial charge in [-0.25, -0.2) is 0 Å². The number of likely N-dealkylation sites (N-methyl/N-ethyl adjacent to an activating group) is 1. The highest BCUT2D eigenvalue weighted by Crippen LogP contribution is 2.30. The lowest BCUT2D eigenvalue weighted by Gasteiger charge is -2.03. The van der Waals surface area contributed by atoms with Crippen LogP contribution in [0.3, 0.4) is 0 Å². The van der Waals surface area contributed by atoms with Crippen LogP contribution in [0.15, 0.2) is 17.3 Å². The third-order valence-electron chi connectivity index (χ3n) is 2.01. The monoisotopic (exact) mass is 239 g/mol. The van der Waals surface area contributed by atoms with Gasteiger partial charge in [-0.15, -0.1) is 0 Å². The molecule has 0 aromatic carbocycles. The van der Waals surface area contributed by atoms with Crippen molar-refractivity contribution in [1.29, 1.82) is 0 Å². The summed E-state index contributed by atoms with van der Waals surface area (Å²) < 4.78 is 2.29. The summed E-state index contributed by atoms with van der Waals surface area (Å²) in [5, 5.41) is 4.03. The number of rotatable bonds is 1. The number of nitrogens with zero attached hydrogens (tertiary/aromatic N) is 3. The Kier molecular flexibility index (Phi) is 2.62. The van der Waals surface area contributed by atoms with Crippen LogP contribution in [-0.2, 0) is 11.8 Å². The molecule has 0 unspecified atom stereocenters. The molecule has 15 heavy (non-hydrogen) atoms. The van der Waals surface area contributed by atoms with Crippen molar-refractivity contribution in [1.82, 2.24) is 14.7 Å². The van der Waals surface area contributed by atoms with E-state index in [0.29, 0.717) is 9.23 Å². The normalized spacial score (nSPS) is 19.3. The van der Waals surface area contributed by atoms with Gasteiger partial charge in [0.25, 0.3) is 5.91 Å². The second kappa shape index (κ2) is 3.79. The van der Waals surface area contributed by atoms with Gasteiger partial charge >= 0.3 is 0 Å². The first-order chi connectivity index (χ1) is 7.08. The Balaban J connectivity index is 2.29. The minimum absolute atomic E-state index is 0.0474. The molecule has 2 heterocycles. The molecule has 0 saturated carbocycles. The van der Waals surface area contributed by atoms with Crippen LogP contribution >= 0.6 is 24.0 Å². The predicted octanol–water partition coefficient (Wildman–Crippen LogP) is 1.25. The quantitative estimate of drug-likeness (QED) is 0.546. The van der Waals surface area contributed by atoms with Crippen molar-refractivity contribution in [3.63, 3.8) is 0 Å². The summed E-state index contributed by atoms with van der Waals surface area (Å²) in [6.07, 6.45) is 5.36. The molecule has 0 radical (unpaired) electrons. The van der Waals surface area contributed by atoms with Gasteiger partial charge in [-0.3, -0.25) is 14.4 Å². The molecule has 0 atom stereocenters. The van der Waals surface area contributed by atoms with Gasteiger partial charge in [0, 0.05) is 25.9 Å². The molecule has 1 fully saturated rings. The third kappa shape index (κ3) is 1.95. The van der Waals surface area contributed by atoms with Crippen LogP contribution in [0.2, 0.25) is 0 Å². The van der Waals surface area contributed by atoms with Crippen molar-refractivity contribution in [2.24, 2.45) is 7.05 Å². The fourth-order valence-corrected chi connectivity index (χ4v) is 2.39. The number of amides is 1. The first kappa shape index (κ1) is 10.4. The second-order valence-electron chi connectivity index (χ2n) is 3.19. The Hall–Kier alpha value is -1.14. The van der Waals surface area contributed by atoms with Gasteiger partial charge in [-0.05, 0) is 6.08 Å². The Morgan fingerprint density at radius 1 is 1.53 bits per heavy atom. The molecule has 6 heteroatoms. The Bertz CT molecular complexity index is 464. The van der Waals surface area contributed by atoms with Gasteiger partial charge in [0.1, 0.15) is 4.32 Å². The molecular weight excluding hydrogens is 230 g/mol. The van der Waals surface area contributed by atoms with Gasteiger partial charge in [0.05, 0.1) is 11.1 Å². The molecule has 1 saturated heterocycles. The number of thioether (sulfide) groups is 1. The summed E-state index contributed by atoms with van der Waals surface area (Å²) in [6.45, 7) is 0. The zero-order valence-electron chi connectivity index (χ0n) is 8.30. The maximum atomic E-state index is 11.6. The van der Waals surface area contributed by atoms with E-state index in [9.17, 15) is 4.79 Å². The summed E-state index contributed by atoms with van der Waals surface area (Å²) in [6, 6.07) is 0. The van der Waals surface area contributed by atoms with Crippen molar-refractivity contribution in [3.05, 3.63) is 22.9 Å². The molecule has 1 amide bonds. The van der Waals surface area contributed by atoms with E-state index >= 15 is 0 Å². The standard InChI is InChI=1S/C9H9N3OS2/c1-11-5-6(4-10-11)3-7-8(13)12(2)9(14)15-7/h3-5H,1-2H3. The highest BCUT2D eigenvalue weighted by Gasteiger charge is 2.28. The molecule has 1 aromatic heterocycles. The van der Waals surface area contributed by atoms with Crippen LogP contribution < -0.4 is 0 Å². The topological polar surface area (TPSA) is 38.1 Å². The Labute approximate surface area is 96.9 Å². The van der Waals surface area contributed by atoms with Crippen LogP contribution in [0.4, 0.5) is 0 Å². The highest BCUT2D eigenvalue weighted by atomic mass is 32.2. The van der Waals surface area contributed by atoms with Crippen LogP contribution in [-0.4, -0.2) is 32.0 Å². The highest BCUT2D eigenvalue weighted by molar-refractivity contribution is 8.26. The fraction of sp³-hybridized carbons (Fsp3) is 0.222. The third-order valence-corrected chi connectivity index (χ3v) is 3.49. The lowest BCUT2D eigenvalue weighted by Crippen LogP contribution is -2.22. The summed E-state index contributed by atoms with van der Waals surface area (Å²) >= 11 is 6.34. The molecule has 0 bridgehead atoms. The average molecular weight is 239 g/mol. The van der Waals surface area contributed by atoms with E-state index in [2.05, 4.69) is 5.10 Å². The predicted molar refractivity (Wildman–Crippen MR) is 64.1 cm³/mol. The number of carbonyl (C=O) groups excluding carboxylic acids is 1. The van der Waals surface area contributed by atoms with E-state index in [1.807, 2.05) is 13.2 Å². The van der Waals surface area contributed by atoms with Crippen molar-refractivity contribution >= 4 is 40.3 Å². The maximum Gasteiger partial charge on any atom is 0.265 e. The summed E-state index contributed by atoms with van der Waals surface area (Å²) in [5.74, 6) is -0.0474. The second-order valence-corrected chi connectivity index (χ2v) is 4.86. The van der Waals surface area contributed by atoms with Gasteiger partial charge in [-0.2, -0.15) is 5.10 Å². The average Bonchev–Trinajstić information content (AvgIpc) is 2.68. The Morgan fingerprint density at radius 3 is 2.73 bits per heavy atom. The molecule has 1 aliphatic rings. The van der Waals surface area contributed by atoms with E-state index < -0.39 is 0 Å². The van der Waals surface area contributed by atoms with Crippen molar-refractivity contribution in [3.8, 4) is 0 Å².